The van der Waals surface area contributed by atoms with E-state index < -0.39 is 17.4 Å². The van der Waals surface area contributed by atoms with Crippen molar-refractivity contribution < 1.29 is 18.7 Å². The standard InChI is InChI=1S/C12H12F2O2S/c1-8(15)17-5-3-2-4-9-6-10(13)12(16)11(14)7-9/h2,4,6-7,16H,3,5H2,1H3. The number of hydrogen-bond donors (Lipinski definition) is 1. The maximum Gasteiger partial charge on any atom is 0.187 e. The van der Waals surface area contributed by atoms with Gasteiger partial charge in [0.1, 0.15) is 0 Å². The summed E-state index contributed by atoms with van der Waals surface area (Å²) in [5.41, 5.74) is 0.339. The molecule has 0 bridgehead atoms. The second kappa shape index (κ2) is 6.39. The summed E-state index contributed by atoms with van der Waals surface area (Å²) in [6.07, 6.45) is 3.90. The molecular formula is C12H12F2O2S. The van der Waals surface area contributed by atoms with E-state index in [9.17, 15) is 13.6 Å². The van der Waals surface area contributed by atoms with Gasteiger partial charge in [-0.05, 0) is 24.1 Å². The fourth-order valence-electron chi connectivity index (χ4n) is 1.17. The number of halogens is 2. The quantitative estimate of drug-likeness (QED) is 0.841. The van der Waals surface area contributed by atoms with Crippen molar-refractivity contribution in [2.45, 2.75) is 13.3 Å². The van der Waals surface area contributed by atoms with Gasteiger partial charge in [-0.3, -0.25) is 4.79 Å². The number of aromatic hydroxyl groups is 1. The summed E-state index contributed by atoms with van der Waals surface area (Å²) in [6.45, 7) is 1.49. The Kier molecular flexibility index (Phi) is 5.15. The molecule has 0 aromatic heterocycles. The van der Waals surface area contributed by atoms with Crippen LogP contribution in [0.25, 0.3) is 6.08 Å². The van der Waals surface area contributed by atoms with Crippen LogP contribution in [0.5, 0.6) is 5.75 Å². The molecule has 0 heterocycles. The van der Waals surface area contributed by atoms with E-state index in [2.05, 4.69) is 0 Å². The third-order valence-corrected chi connectivity index (χ3v) is 2.79. The normalized spacial score (nSPS) is 11.0. The van der Waals surface area contributed by atoms with Gasteiger partial charge in [0, 0.05) is 12.7 Å². The topological polar surface area (TPSA) is 37.3 Å². The molecule has 0 aliphatic carbocycles. The van der Waals surface area contributed by atoms with Crippen LogP contribution < -0.4 is 0 Å². The van der Waals surface area contributed by atoms with Crippen molar-refractivity contribution in [1.29, 1.82) is 0 Å². The van der Waals surface area contributed by atoms with Crippen LogP contribution in [0.2, 0.25) is 0 Å². The lowest BCUT2D eigenvalue weighted by Gasteiger charge is -1.99. The highest BCUT2D eigenvalue weighted by atomic mass is 32.2. The Bertz CT molecular complexity index is 421. The number of hydrogen-bond acceptors (Lipinski definition) is 3. The fourth-order valence-corrected chi connectivity index (χ4v) is 1.71. The number of phenolic OH excluding ortho intramolecular Hbond substituents is 1. The zero-order valence-corrected chi connectivity index (χ0v) is 10.1. The number of carbonyl (C=O) groups is 1. The zero-order chi connectivity index (χ0) is 12.8. The number of phenols is 1. The molecule has 0 unspecified atom stereocenters. The lowest BCUT2D eigenvalue weighted by Crippen LogP contribution is -1.86. The van der Waals surface area contributed by atoms with Crippen LogP contribution in [0.1, 0.15) is 18.9 Å². The van der Waals surface area contributed by atoms with Gasteiger partial charge in [-0.25, -0.2) is 8.78 Å². The fraction of sp³-hybridized carbons (Fsp3) is 0.250. The lowest BCUT2D eigenvalue weighted by molar-refractivity contribution is -0.109. The molecule has 0 saturated carbocycles. The highest BCUT2D eigenvalue weighted by molar-refractivity contribution is 8.13. The summed E-state index contributed by atoms with van der Waals surface area (Å²) >= 11 is 1.20. The average molecular weight is 258 g/mol. The van der Waals surface area contributed by atoms with E-state index in [-0.39, 0.29) is 5.12 Å². The van der Waals surface area contributed by atoms with Crippen molar-refractivity contribution in [1.82, 2.24) is 0 Å². The minimum Gasteiger partial charge on any atom is -0.503 e. The van der Waals surface area contributed by atoms with Crippen LogP contribution in [0.15, 0.2) is 18.2 Å². The van der Waals surface area contributed by atoms with Crippen LogP contribution in [0, 0.1) is 11.6 Å². The van der Waals surface area contributed by atoms with Gasteiger partial charge in [-0.1, -0.05) is 23.9 Å². The van der Waals surface area contributed by atoms with E-state index >= 15 is 0 Å². The Labute approximate surface area is 102 Å². The Balaban J connectivity index is 2.57. The van der Waals surface area contributed by atoms with Gasteiger partial charge in [0.15, 0.2) is 22.5 Å². The number of benzene rings is 1. The van der Waals surface area contributed by atoms with E-state index in [1.807, 2.05) is 0 Å². The van der Waals surface area contributed by atoms with Crippen LogP contribution in [0.3, 0.4) is 0 Å². The summed E-state index contributed by atoms with van der Waals surface area (Å²) in [6, 6.07) is 2.10. The average Bonchev–Trinajstić information content (AvgIpc) is 2.25. The molecule has 1 aromatic carbocycles. The van der Waals surface area contributed by atoms with E-state index in [1.54, 1.807) is 12.2 Å². The van der Waals surface area contributed by atoms with Crippen LogP contribution in [-0.4, -0.2) is 16.0 Å². The molecule has 0 aliphatic rings. The molecule has 0 saturated heterocycles. The third-order valence-electron chi connectivity index (χ3n) is 1.94. The first-order valence-corrected chi connectivity index (χ1v) is 5.97. The summed E-state index contributed by atoms with van der Waals surface area (Å²) in [5.74, 6) is -2.30. The molecule has 0 fully saturated rings. The number of rotatable bonds is 4. The minimum absolute atomic E-state index is 0.0418. The first-order chi connectivity index (χ1) is 8.00. The molecule has 1 rings (SSSR count). The molecule has 1 aromatic rings. The van der Waals surface area contributed by atoms with Crippen molar-refractivity contribution >= 4 is 23.0 Å². The molecule has 17 heavy (non-hydrogen) atoms. The molecule has 0 atom stereocenters. The Morgan fingerprint density at radius 2 is 2.00 bits per heavy atom. The van der Waals surface area contributed by atoms with Gasteiger partial charge < -0.3 is 5.11 Å². The van der Waals surface area contributed by atoms with E-state index in [4.69, 9.17) is 5.11 Å². The van der Waals surface area contributed by atoms with Gasteiger partial charge in [0.05, 0.1) is 0 Å². The molecule has 1 N–H and O–H groups in total. The molecular weight excluding hydrogens is 246 g/mol. The lowest BCUT2D eigenvalue weighted by atomic mass is 10.2. The third kappa shape index (κ3) is 4.56. The molecule has 0 amide bonds. The zero-order valence-electron chi connectivity index (χ0n) is 9.24. The molecule has 0 aliphatic heterocycles. The number of thioether (sulfide) groups is 1. The van der Waals surface area contributed by atoms with Crippen LogP contribution >= 0.6 is 11.8 Å². The minimum atomic E-state index is -0.984. The van der Waals surface area contributed by atoms with Crippen molar-refractivity contribution in [2.24, 2.45) is 0 Å². The molecule has 0 spiro atoms. The Morgan fingerprint density at radius 1 is 1.41 bits per heavy atom. The number of allylic oxidation sites excluding steroid dienone is 1. The predicted molar refractivity (Wildman–Crippen MR) is 64.8 cm³/mol. The van der Waals surface area contributed by atoms with Crippen LogP contribution in [0.4, 0.5) is 8.78 Å². The summed E-state index contributed by atoms with van der Waals surface area (Å²) in [5, 5.41) is 8.93. The maximum atomic E-state index is 12.9. The Hall–Kier alpha value is -1.36. The first kappa shape index (κ1) is 13.7. The number of carbonyl (C=O) groups excluding carboxylic acids is 1. The highest BCUT2D eigenvalue weighted by Gasteiger charge is 2.07. The molecule has 2 nitrogen and oxygen atoms in total. The monoisotopic (exact) mass is 258 g/mol. The smallest absolute Gasteiger partial charge is 0.187 e. The van der Waals surface area contributed by atoms with Gasteiger partial charge in [0.25, 0.3) is 0 Å². The van der Waals surface area contributed by atoms with Crippen molar-refractivity contribution in [3.63, 3.8) is 0 Å². The maximum absolute atomic E-state index is 12.9. The van der Waals surface area contributed by atoms with E-state index in [0.717, 1.165) is 12.1 Å². The first-order valence-electron chi connectivity index (χ1n) is 4.98. The van der Waals surface area contributed by atoms with Gasteiger partial charge in [0.2, 0.25) is 0 Å². The molecule has 5 heteroatoms. The van der Waals surface area contributed by atoms with Crippen molar-refractivity contribution in [3.05, 3.63) is 35.4 Å². The predicted octanol–water partition coefficient (Wildman–Crippen LogP) is 3.35. The molecule has 0 radical (unpaired) electrons. The van der Waals surface area contributed by atoms with Crippen LogP contribution in [-0.2, 0) is 4.79 Å². The second-order valence-electron chi connectivity index (χ2n) is 3.36. The van der Waals surface area contributed by atoms with Gasteiger partial charge >= 0.3 is 0 Å². The molecule has 92 valence electrons. The second-order valence-corrected chi connectivity index (χ2v) is 4.64. The van der Waals surface area contributed by atoms with E-state index in [0.29, 0.717) is 17.7 Å². The Morgan fingerprint density at radius 3 is 2.53 bits per heavy atom. The van der Waals surface area contributed by atoms with Crippen molar-refractivity contribution in [2.75, 3.05) is 5.75 Å². The van der Waals surface area contributed by atoms with E-state index in [1.165, 1.54) is 18.7 Å². The van der Waals surface area contributed by atoms with Gasteiger partial charge in [-0.2, -0.15) is 0 Å². The SMILES string of the molecule is CC(=O)SCCC=Cc1cc(F)c(O)c(F)c1. The van der Waals surface area contributed by atoms with Gasteiger partial charge in [-0.15, -0.1) is 0 Å². The summed E-state index contributed by atoms with van der Waals surface area (Å²) < 4.78 is 25.9. The summed E-state index contributed by atoms with van der Waals surface area (Å²) in [7, 11) is 0. The van der Waals surface area contributed by atoms with Crippen molar-refractivity contribution in [3.8, 4) is 5.75 Å². The largest absolute Gasteiger partial charge is 0.503 e. The summed E-state index contributed by atoms with van der Waals surface area (Å²) in [4.78, 5) is 10.6. The highest BCUT2D eigenvalue weighted by Crippen LogP contribution is 2.22.